The molecule has 0 aromatic heterocycles. The Hall–Kier alpha value is -1.79. The van der Waals surface area contributed by atoms with Crippen LogP contribution in [0.25, 0.3) is 0 Å². The van der Waals surface area contributed by atoms with Gasteiger partial charge in [-0.1, -0.05) is 0 Å². The van der Waals surface area contributed by atoms with Gasteiger partial charge in [-0.3, -0.25) is 4.79 Å². The van der Waals surface area contributed by atoms with Gasteiger partial charge in [0.2, 0.25) is 0 Å². The maximum absolute atomic E-state index is 12.1. The van der Waals surface area contributed by atoms with Crippen LogP contribution in [0.2, 0.25) is 0 Å². The summed E-state index contributed by atoms with van der Waals surface area (Å²) in [4.78, 5) is 12.1. The highest BCUT2D eigenvalue weighted by Crippen LogP contribution is 2.22. The molecule has 0 saturated heterocycles. The minimum atomic E-state index is -1.08. The molecular formula is C13H19NO5. The summed E-state index contributed by atoms with van der Waals surface area (Å²) in [6.07, 6.45) is 0. The third-order valence-corrected chi connectivity index (χ3v) is 2.73. The predicted octanol–water partition coefficient (Wildman–Crippen LogP) is 0.177. The molecule has 3 N–H and O–H groups in total. The van der Waals surface area contributed by atoms with Gasteiger partial charge < -0.3 is 25.0 Å². The molecule has 6 nitrogen and oxygen atoms in total. The third kappa shape index (κ3) is 3.84. The molecule has 0 aliphatic carbocycles. The van der Waals surface area contributed by atoms with E-state index >= 15 is 0 Å². The van der Waals surface area contributed by atoms with Crippen molar-refractivity contribution in [1.29, 1.82) is 0 Å². The lowest BCUT2D eigenvalue weighted by atomic mass is 10.0. The second-order valence-corrected chi connectivity index (χ2v) is 4.43. The van der Waals surface area contributed by atoms with E-state index in [9.17, 15) is 4.79 Å². The zero-order valence-electron chi connectivity index (χ0n) is 11.3. The molecule has 0 aliphatic heterocycles. The number of nitrogens with one attached hydrogen (secondary N) is 1. The number of amides is 1. The van der Waals surface area contributed by atoms with Gasteiger partial charge in [-0.2, -0.15) is 0 Å². The van der Waals surface area contributed by atoms with Crippen LogP contribution in [0.4, 0.5) is 0 Å². The van der Waals surface area contributed by atoms with Crippen LogP contribution in [-0.4, -0.2) is 49.1 Å². The number of hydrogen-bond donors (Lipinski definition) is 3. The van der Waals surface area contributed by atoms with Gasteiger partial charge in [-0.15, -0.1) is 0 Å². The predicted molar refractivity (Wildman–Crippen MR) is 69.6 cm³/mol. The molecule has 1 aromatic rings. The maximum atomic E-state index is 12.1. The number of aliphatic hydroxyl groups is 2. The average Bonchev–Trinajstić information content (AvgIpc) is 2.46. The molecule has 0 radical (unpaired) electrons. The van der Waals surface area contributed by atoms with E-state index in [0.717, 1.165) is 0 Å². The van der Waals surface area contributed by atoms with Gasteiger partial charge in [0.05, 0.1) is 33.0 Å². The van der Waals surface area contributed by atoms with Gasteiger partial charge in [0.1, 0.15) is 11.5 Å². The van der Waals surface area contributed by atoms with Gasteiger partial charge >= 0.3 is 0 Å². The Morgan fingerprint density at radius 1 is 1.16 bits per heavy atom. The molecule has 19 heavy (non-hydrogen) atoms. The third-order valence-electron chi connectivity index (χ3n) is 2.73. The first-order valence-electron chi connectivity index (χ1n) is 5.75. The van der Waals surface area contributed by atoms with E-state index in [1.54, 1.807) is 25.1 Å². The topological polar surface area (TPSA) is 88.0 Å². The van der Waals surface area contributed by atoms with E-state index in [-0.39, 0.29) is 13.2 Å². The van der Waals surface area contributed by atoms with Crippen molar-refractivity contribution in [1.82, 2.24) is 5.32 Å². The van der Waals surface area contributed by atoms with Crippen LogP contribution in [0.3, 0.4) is 0 Å². The highest BCUT2D eigenvalue weighted by atomic mass is 16.5. The number of benzene rings is 1. The summed E-state index contributed by atoms with van der Waals surface area (Å²) in [6.45, 7) is 0.814. The Morgan fingerprint density at radius 2 is 1.63 bits per heavy atom. The molecule has 0 atom stereocenters. The number of hydrogen-bond acceptors (Lipinski definition) is 5. The number of ether oxygens (including phenoxy) is 2. The summed E-state index contributed by atoms with van der Waals surface area (Å²) in [5.41, 5.74) is -0.753. The molecule has 0 heterocycles. The van der Waals surface area contributed by atoms with Crippen LogP contribution >= 0.6 is 0 Å². The molecule has 6 heteroatoms. The van der Waals surface area contributed by atoms with E-state index in [2.05, 4.69) is 5.32 Å². The Bertz CT molecular complexity index is 420. The summed E-state index contributed by atoms with van der Waals surface area (Å²) >= 11 is 0. The van der Waals surface area contributed by atoms with Crippen molar-refractivity contribution in [2.45, 2.75) is 12.5 Å². The Labute approximate surface area is 112 Å². The molecular weight excluding hydrogens is 250 g/mol. The molecule has 1 rings (SSSR count). The summed E-state index contributed by atoms with van der Waals surface area (Å²) in [5.74, 6) is 0.543. The lowest BCUT2D eigenvalue weighted by Gasteiger charge is -2.26. The summed E-state index contributed by atoms with van der Waals surface area (Å²) in [5, 5.41) is 20.9. The van der Waals surface area contributed by atoms with E-state index in [1.807, 2.05) is 0 Å². The first-order valence-corrected chi connectivity index (χ1v) is 5.75. The van der Waals surface area contributed by atoms with Crippen molar-refractivity contribution in [3.05, 3.63) is 23.8 Å². The number of methoxy groups -OCH3 is 2. The first kappa shape index (κ1) is 15.3. The van der Waals surface area contributed by atoms with Crippen LogP contribution < -0.4 is 14.8 Å². The van der Waals surface area contributed by atoms with Crippen molar-refractivity contribution in [2.24, 2.45) is 0 Å². The smallest absolute Gasteiger partial charge is 0.252 e. The largest absolute Gasteiger partial charge is 0.497 e. The van der Waals surface area contributed by atoms with Crippen molar-refractivity contribution in [3.63, 3.8) is 0 Å². The Kier molecular flexibility index (Phi) is 5.14. The van der Waals surface area contributed by atoms with E-state index < -0.39 is 11.4 Å². The number of aliphatic hydroxyl groups excluding tert-OH is 2. The van der Waals surface area contributed by atoms with Gasteiger partial charge in [0.25, 0.3) is 5.91 Å². The van der Waals surface area contributed by atoms with E-state index in [0.29, 0.717) is 17.1 Å². The fourth-order valence-electron chi connectivity index (χ4n) is 1.41. The number of rotatable bonds is 6. The minimum Gasteiger partial charge on any atom is -0.497 e. The molecule has 0 fully saturated rings. The zero-order valence-corrected chi connectivity index (χ0v) is 11.3. The fourth-order valence-corrected chi connectivity index (χ4v) is 1.41. The highest BCUT2D eigenvalue weighted by Gasteiger charge is 2.25. The molecule has 0 unspecified atom stereocenters. The second-order valence-electron chi connectivity index (χ2n) is 4.43. The molecule has 0 bridgehead atoms. The summed E-state index contributed by atoms with van der Waals surface area (Å²) in [6, 6.07) is 4.74. The summed E-state index contributed by atoms with van der Waals surface area (Å²) < 4.78 is 10.1. The minimum absolute atomic E-state index is 0.323. The first-order chi connectivity index (χ1) is 8.97. The molecule has 1 aromatic carbocycles. The molecule has 0 spiro atoms. The molecule has 1 amide bonds. The molecule has 0 aliphatic rings. The number of carbonyl (C=O) groups is 1. The van der Waals surface area contributed by atoms with E-state index in [1.165, 1.54) is 14.2 Å². The van der Waals surface area contributed by atoms with Crippen LogP contribution in [0.5, 0.6) is 11.5 Å². The normalized spacial score (nSPS) is 11.0. The summed E-state index contributed by atoms with van der Waals surface area (Å²) in [7, 11) is 2.98. The number of carbonyl (C=O) groups excluding carboxylic acids is 1. The van der Waals surface area contributed by atoms with Crippen molar-refractivity contribution in [3.8, 4) is 11.5 Å². The fraction of sp³-hybridized carbons (Fsp3) is 0.462. The van der Waals surface area contributed by atoms with E-state index in [4.69, 9.17) is 19.7 Å². The lowest BCUT2D eigenvalue weighted by Crippen LogP contribution is -2.51. The quantitative estimate of drug-likeness (QED) is 0.685. The van der Waals surface area contributed by atoms with Gasteiger partial charge in [-0.05, 0) is 19.1 Å². The Balaban J connectivity index is 2.99. The van der Waals surface area contributed by atoms with Crippen LogP contribution in [-0.2, 0) is 0 Å². The van der Waals surface area contributed by atoms with Gasteiger partial charge in [0.15, 0.2) is 0 Å². The highest BCUT2D eigenvalue weighted by molar-refractivity contribution is 5.95. The van der Waals surface area contributed by atoms with Crippen molar-refractivity contribution in [2.75, 3.05) is 27.4 Å². The van der Waals surface area contributed by atoms with Crippen molar-refractivity contribution < 1.29 is 24.5 Å². The monoisotopic (exact) mass is 269 g/mol. The lowest BCUT2D eigenvalue weighted by molar-refractivity contribution is 0.0723. The second kappa shape index (κ2) is 6.40. The molecule has 106 valence electrons. The van der Waals surface area contributed by atoms with Gasteiger partial charge in [-0.25, -0.2) is 0 Å². The van der Waals surface area contributed by atoms with Crippen LogP contribution in [0.1, 0.15) is 17.3 Å². The standard InChI is InChI=1S/C13H19NO5/c1-13(7-15,8-16)14-12(17)9-4-10(18-2)6-11(5-9)19-3/h4-6,15-16H,7-8H2,1-3H3,(H,14,17). The van der Waals surface area contributed by atoms with Gasteiger partial charge in [0, 0.05) is 11.6 Å². The van der Waals surface area contributed by atoms with Crippen LogP contribution in [0.15, 0.2) is 18.2 Å². The Morgan fingerprint density at radius 3 is 2.00 bits per heavy atom. The molecule has 0 saturated carbocycles. The average molecular weight is 269 g/mol. The SMILES string of the molecule is COc1cc(OC)cc(C(=O)NC(C)(CO)CO)c1. The zero-order chi connectivity index (χ0) is 14.5. The van der Waals surface area contributed by atoms with Crippen molar-refractivity contribution >= 4 is 5.91 Å². The maximum Gasteiger partial charge on any atom is 0.252 e. The van der Waals surface area contributed by atoms with Crippen LogP contribution in [0, 0.1) is 0 Å².